The van der Waals surface area contributed by atoms with Crippen molar-refractivity contribution in [2.24, 2.45) is 4.99 Å². The SMILES string of the molecule is CCNC(=NCc1cc(C(C)C)no1)N1CCN(Cc2ccc3c(c2)OCO3)CC1. The quantitative estimate of drug-likeness (QED) is 0.576. The van der Waals surface area contributed by atoms with Gasteiger partial charge in [-0.15, -0.1) is 0 Å². The molecule has 0 unspecified atom stereocenters. The predicted molar refractivity (Wildman–Crippen MR) is 115 cm³/mol. The number of hydrogen-bond donors (Lipinski definition) is 1. The molecule has 0 atom stereocenters. The smallest absolute Gasteiger partial charge is 0.231 e. The van der Waals surface area contributed by atoms with Crippen molar-refractivity contribution in [1.82, 2.24) is 20.3 Å². The Morgan fingerprint density at radius 1 is 1.13 bits per heavy atom. The van der Waals surface area contributed by atoms with Crippen molar-refractivity contribution in [3.63, 3.8) is 0 Å². The van der Waals surface area contributed by atoms with Crippen LogP contribution in [0.5, 0.6) is 11.5 Å². The molecule has 4 rings (SSSR count). The molecule has 1 aromatic heterocycles. The lowest BCUT2D eigenvalue weighted by molar-refractivity contribution is 0.171. The highest BCUT2D eigenvalue weighted by Crippen LogP contribution is 2.32. The summed E-state index contributed by atoms with van der Waals surface area (Å²) < 4.78 is 16.3. The van der Waals surface area contributed by atoms with Gasteiger partial charge in [-0.3, -0.25) is 4.90 Å². The van der Waals surface area contributed by atoms with Gasteiger partial charge >= 0.3 is 0 Å². The number of aromatic nitrogens is 1. The van der Waals surface area contributed by atoms with Crippen LogP contribution in [0.3, 0.4) is 0 Å². The van der Waals surface area contributed by atoms with Crippen LogP contribution in [0.2, 0.25) is 0 Å². The third-order valence-electron chi connectivity index (χ3n) is 5.40. The van der Waals surface area contributed by atoms with Gasteiger partial charge in [0.25, 0.3) is 0 Å². The number of ether oxygens (including phenoxy) is 2. The van der Waals surface area contributed by atoms with Gasteiger partial charge in [-0.25, -0.2) is 4.99 Å². The number of rotatable bonds is 6. The Morgan fingerprint density at radius 2 is 1.93 bits per heavy atom. The van der Waals surface area contributed by atoms with E-state index >= 15 is 0 Å². The van der Waals surface area contributed by atoms with Crippen LogP contribution in [0.1, 0.15) is 43.7 Å². The van der Waals surface area contributed by atoms with Crippen molar-refractivity contribution in [2.75, 3.05) is 39.5 Å². The molecule has 0 bridgehead atoms. The minimum Gasteiger partial charge on any atom is -0.454 e. The lowest BCUT2D eigenvalue weighted by atomic mass is 10.1. The van der Waals surface area contributed by atoms with E-state index in [1.165, 1.54) is 5.56 Å². The molecule has 0 saturated carbocycles. The third kappa shape index (κ3) is 4.87. The highest BCUT2D eigenvalue weighted by molar-refractivity contribution is 5.80. The van der Waals surface area contributed by atoms with E-state index in [0.29, 0.717) is 19.3 Å². The zero-order valence-electron chi connectivity index (χ0n) is 18.1. The fraction of sp³-hybridized carbons (Fsp3) is 0.545. The number of aliphatic imine (C=N–C) groups is 1. The lowest BCUT2D eigenvalue weighted by Gasteiger charge is -2.36. The Labute approximate surface area is 177 Å². The van der Waals surface area contributed by atoms with Crippen molar-refractivity contribution in [2.45, 2.75) is 39.8 Å². The summed E-state index contributed by atoms with van der Waals surface area (Å²) in [5.41, 5.74) is 2.22. The molecule has 3 heterocycles. The van der Waals surface area contributed by atoms with E-state index in [1.807, 2.05) is 12.1 Å². The number of fused-ring (bicyclic) bond motifs is 1. The third-order valence-corrected chi connectivity index (χ3v) is 5.40. The fourth-order valence-corrected chi connectivity index (χ4v) is 3.67. The second kappa shape index (κ2) is 9.38. The Bertz CT molecular complexity index is 871. The van der Waals surface area contributed by atoms with Crippen molar-refractivity contribution in [1.29, 1.82) is 0 Å². The number of guanidine groups is 1. The minimum atomic E-state index is 0.316. The van der Waals surface area contributed by atoms with Crippen LogP contribution in [0.15, 0.2) is 33.8 Å². The highest BCUT2D eigenvalue weighted by Gasteiger charge is 2.21. The van der Waals surface area contributed by atoms with E-state index in [4.69, 9.17) is 19.0 Å². The topological polar surface area (TPSA) is 75.4 Å². The van der Waals surface area contributed by atoms with Crippen LogP contribution in [0.4, 0.5) is 0 Å². The molecular weight excluding hydrogens is 382 g/mol. The molecule has 8 heteroatoms. The first-order chi connectivity index (χ1) is 14.6. The molecule has 30 heavy (non-hydrogen) atoms. The molecule has 8 nitrogen and oxygen atoms in total. The summed E-state index contributed by atoms with van der Waals surface area (Å²) >= 11 is 0. The van der Waals surface area contributed by atoms with Crippen LogP contribution >= 0.6 is 0 Å². The molecule has 0 amide bonds. The average Bonchev–Trinajstić information content (AvgIpc) is 3.41. The van der Waals surface area contributed by atoms with Crippen molar-refractivity contribution < 1.29 is 14.0 Å². The van der Waals surface area contributed by atoms with Crippen molar-refractivity contribution >= 4 is 5.96 Å². The summed E-state index contributed by atoms with van der Waals surface area (Å²) in [7, 11) is 0. The van der Waals surface area contributed by atoms with Gasteiger partial charge < -0.3 is 24.2 Å². The van der Waals surface area contributed by atoms with E-state index in [9.17, 15) is 0 Å². The number of benzene rings is 1. The number of nitrogens with one attached hydrogen (secondary N) is 1. The predicted octanol–water partition coefficient (Wildman–Crippen LogP) is 2.81. The summed E-state index contributed by atoms with van der Waals surface area (Å²) in [5.74, 6) is 3.78. The molecule has 1 aromatic carbocycles. The van der Waals surface area contributed by atoms with Crippen LogP contribution in [-0.4, -0.2) is 60.4 Å². The van der Waals surface area contributed by atoms with Crippen LogP contribution < -0.4 is 14.8 Å². The van der Waals surface area contributed by atoms with Crippen LogP contribution in [0, 0.1) is 0 Å². The second-order valence-electron chi connectivity index (χ2n) is 7.99. The summed E-state index contributed by atoms with van der Waals surface area (Å²) in [5, 5.41) is 7.53. The van der Waals surface area contributed by atoms with Gasteiger partial charge in [0, 0.05) is 45.3 Å². The summed E-state index contributed by atoms with van der Waals surface area (Å²) in [6.45, 7) is 12.7. The molecule has 162 valence electrons. The molecule has 1 saturated heterocycles. The molecule has 0 spiro atoms. The van der Waals surface area contributed by atoms with Crippen LogP contribution in [0.25, 0.3) is 0 Å². The van der Waals surface area contributed by atoms with Gasteiger partial charge in [0.2, 0.25) is 6.79 Å². The van der Waals surface area contributed by atoms with Gasteiger partial charge in [-0.1, -0.05) is 25.1 Å². The lowest BCUT2D eigenvalue weighted by Crippen LogP contribution is -2.52. The van der Waals surface area contributed by atoms with Crippen LogP contribution in [-0.2, 0) is 13.1 Å². The molecule has 0 radical (unpaired) electrons. The first kappa shape index (κ1) is 20.5. The minimum absolute atomic E-state index is 0.316. The van der Waals surface area contributed by atoms with Gasteiger partial charge in [0.1, 0.15) is 6.54 Å². The van der Waals surface area contributed by atoms with E-state index in [0.717, 1.165) is 68.2 Å². The van der Waals surface area contributed by atoms with Gasteiger partial charge in [-0.05, 0) is 30.5 Å². The van der Waals surface area contributed by atoms with Crippen molar-refractivity contribution in [3.05, 3.63) is 41.3 Å². The maximum Gasteiger partial charge on any atom is 0.231 e. The monoisotopic (exact) mass is 413 g/mol. The van der Waals surface area contributed by atoms with Crippen molar-refractivity contribution in [3.8, 4) is 11.5 Å². The largest absolute Gasteiger partial charge is 0.454 e. The Kier molecular flexibility index (Phi) is 6.42. The maximum absolute atomic E-state index is 5.50. The Morgan fingerprint density at radius 3 is 2.67 bits per heavy atom. The molecular formula is C22H31N5O3. The van der Waals surface area contributed by atoms with E-state index in [-0.39, 0.29) is 0 Å². The van der Waals surface area contributed by atoms with Gasteiger partial charge in [0.15, 0.2) is 23.2 Å². The molecule has 2 aromatic rings. The number of nitrogens with zero attached hydrogens (tertiary/aromatic N) is 4. The Hall–Kier alpha value is -2.74. The molecule has 1 fully saturated rings. The first-order valence-electron chi connectivity index (χ1n) is 10.7. The summed E-state index contributed by atoms with van der Waals surface area (Å²) in [6, 6.07) is 8.20. The van der Waals surface area contributed by atoms with E-state index in [1.54, 1.807) is 0 Å². The Balaban J connectivity index is 1.32. The molecule has 2 aliphatic rings. The van der Waals surface area contributed by atoms with Gasteiger partial charge in [-0.2, -0.15) is 0 Å². The maximum atomic E-state index is 5.50. The standard InChI is InChI=1S/C22H31N5O3/c1-4-23-22(24-13-18-12-19(16(2)3)25-30-18)27-9-7-26(8-10-27)14-17-5-6-20-21(11-17)29-15-28-20/h5-6,11-12,16H,4,7-10,13-15H2,1-3H3,(H,23,24). The van der Waals surface area contributed by atoms with Gasteiger partial charge in [0.05, 0.1) is 5.69 Å². The van der Waals surface area contributed by atoms with E-state index < -0.39 is 0 Å². The fourth-order valence-electron chi connectivity index (χ4n) is 3.67. The summed E-state index contributed by atoms with van der Waals surface area (Å²) in [4.78, 5) is 9.56. The first-order valence-corrected chi connectivity index (χ1v) is 10.7. The summed E-state index contributed by atoms with van der Waals surface area (Å²) in [6.07, 6.45) is 0. The molecule has 1 N–H and O–H groups in total. The number of hydrogen-bond acceptors (Lipinski definition) is 6. The van der Waals surface area contributed by atoms with E-state index in [2.05, 4.69) is 53.2 Å². The number of piperazine rings is 1. The highest BCUT2D eigenvalue weighted by atomic mass is 16.7. The zero-order valence-corrected chi connectivity index (χ0v) is 18.1. The normalized spacial score (nSPS) is 17.1. The average molecular weight is 414 g/mol. The second-order valence-corrected chi connectivity index (χ2v) is 7.99. The zero-order chi connectivity index (χ0) is 20.9. The molecule has 2 aliphatic heterocycles. The molecule has 0 aliphatic carbocycles.